The van der Waals surface area contributed by atoms with E-state index in [1.165, 1.54) is 0 Å². The highest BCUT2D eigenvalue weighted by molar-refractivity contribution is 5.96. The minimum absolute atomic E-state index is 0.00402. The van der Waals surface area contributed by atoms with Crippen molar-refractivity contribution >= 4 is 17.7 Å². The number of aliphatic hydroxyl groups is 3. The smallest absolute Gasteiger partial charge is 0.338 e. The SMILES string of the molecule is CC=C(C)C(=O)O[C@H]1C(C)=C[C@]23C(=O)[C@@H](C=C(CO)[C@@H](O)[C@]12O)[C@H]1[C@@H](C[C@H]3C)[C@@]1(C)COC(=O)c1ccccc1. The van der Waals surface area contributed by atoms with Gasteiger partial charge in [-0.2, -0.15) is 0 Å². The molecule has 0 aliphatic heterocycles. The van der Waals surface area contributed by atoms with Crippen molar-refractivity contribution in [3.63, 3.8) is 0 Å². The Hall–Kier alpha value is -3.07. The lowest BCUT2D eigenvalue weighted by atomic mass is 9.59. The summed E-state index contributed by atoms with van der Waals surface area (Å²) in [5, 5.41) is 34.4. The molecule has 8 heteroatoms. The zero-order chi connectivity index (χ0) is 29.2. The number of ether oxygens (including phenoxy) is 2. The highest BCUT2D eigenvalue weighted by Gasteiger charge is 2.77. The molecule has 3 N–H and O–H groups in total. The summed E-state index contributed by atoms with van der Waals surface area (Å²) in [6, 6.07) is 8.72. The summed E-state index contributed by atoms with van der Waals surface area (Å²) >= 11 is 0. The molecule has 5 rings (SSSR count). The summed E-state index contributed by atoms with van der Waals surface area (Å²) in [4.78, 5) is 40.1. The fourth-order valence-corrected chi connectivity index (χ4v) is 7.82. The predicted octanol–water partition coefficient (Wildman–Crippen LogP) is 3.17. The van der Waals surface area contributed by atoms with Crippen LogP contribution in [0, 0.1) is 34.5 Å². The van der Waals surface area contributed by atoms with Crippen molar-refractivity contribution in [2.75, 3.05) is 13.2 Å². The van der Waals surface area contributed by atoms with E-state index in [4.69, 9.17) is 9.47 Å². The van der Waals surface area contributed by atoms with Crippen molar-refractivity contribution in [2.45, 2.75) is 58.8 Å². The highest BCUT2D eigenvalue weighted by Crippen LogP contribution is 2.72. The highest BCUT2D eigenvalue weighted by atomic mass is 16.6. The van der Waals surface area contributed by atoms with E-state index in [0.29, 0.717) is 23.1 Å². The zero-order valence-electron chi connectivity index (χ0n) is 23.6. The second kappa shape index (κ2) is 9.79. The third kappa shape index (κ3) is 3.80. The second-order valence-electron chi connectivity index (χ2n) is 12.2. The molecule has 0 unspecified atom stereocenters. The number of carbonyl (C=O) groups is 3. The van der Waals surface area contributed by atoms with Gasteiger partial charge in [-0.25, -0.2) is 9.59 Å². The molecule has 2 fully saturated rings. The van der Waals surface area contributed by atoms with Gasteiger partial charge in [0, 0.05) is 16.9 Å². The van der Waals surface area contributed by atoms with Crippen molar-refractivity contribution < 1.29 is 39.2 Å². The first-order valence-corrected chi connectivity index (χ1v) is 13.9. The lowest BCUT2D eigenvalue weighted by Crippen LogP contribution is -2.65. The van der Waals surface area contributed by atoms with Gasteiger partial charge >= 0.3 is 11.9 Å². The van der Waals surface area contributed by atoms with Gasteiger partial charge in [-0.1, -0.05) is 50.3 Å². The van der Waals surface area contributed by atoms with Crippen molar-refractivity contribution in [3.8, 4) is 0 Å². The van der Waals surface area contributed by atoms with E-state index in [1.54, 1.807) is 63.3 Å². The van der Waals surface area contributed by atoms with Crippen LogP contribution in [0.5, 0.6) is 0 Å². The molecule has 0 saturated heterocycles. The Kier molecular flexibility index (Phi) is 6.96. The van der Waals surface area contributed by atoms with Gasteiger partial charge < -0.3 is 24.8 Å². The summed E-state index contributed by atoms with van der Waals surface area (Å²) in [5.74, 6) is -2.79. The molecular formula is C32H38O8. The summed E-state index contributed by atoms with van der Waals surface area (Å²) in [6.45, 7) is 8.38. The minimum Gasteiger partial charge on any atom is -0.461 e. The molecule has 2 saturated carbocycles. The Balaban J connectivity index is 1.52. The summed E-state index contributed by atoms with van der Waals surface area (Å²) in [5.41, 5.74) is -2.88. The molecule has 4 aliphatic carbocycles. The Labute approximate surface area is 234 Å². The number of ketones is 1. The standard InChI is InChI=1S/C32H38O8/c1-6-17(2)28(36)40-27-18(3)14-31-19(4)12-23-24(22(26(31)35)13-21(15-33)25(34)32(27,31)38)30(23,5)16-39-29(37)20-10-8-7-9-11-20/h6-11,13-14,19,22-25,27,33-34,38H,12,15-16H2,1-5H3/t19-,22+,23-,24+,25-,27+,30-,31+,32+/m1/s1. The summed E-state index contributed by atoms with van der Waals surface area (Å²) < 4.78 is 11.5. The Morgan fingerprint density at radius 3 is 2.50 bits per heavy atom. The minimum atomic E-state index is -2.20. The summed E-state index contributed by atoms with van der Waals surface area (Å²) in [6.07, 6.45) is 2.46. The van der Waals surface area contributed by atoms with E-state index < -0.39 is 59.0 Å². The van der Waals surface area contributed by atoms with Crippen molar-refractivity contribution in [1.29, 1.82) is 0 Å². The Morgan fingerprint density at radius 1 is 1.20 bits per heavy atom. The number of allylic oxidation sites excluding steroid dienone is 2. The fraction of sp³-hybridized carbons (Fsp3) is 0.531. The molecule has 1 aromatic carbocycles. The van der Waals surface area contributed by atoms with Crippen LogP contribution in [-0.4, -0.2) is 64.1 Å². The number of aliphatic hydroxyl groups excluding tert-OH is 2. The quantitative estimate of drug-likeness (QED) is 0.280. The van der Waals surface area contributed by atoms with E-state index in [-0.39, 0.29) is 29.8 Å². The molecule has 214 valence electrons. The Morgan fingerprint density at radius 2 is 1.88 bits per heavy atom. The average Bonchev–Trinajstić information content (AvgIpc) is 3.48. The molecule has 1 aromatic rings. The van der Waals surface area contributed by atoms with Gasteiger partial charge in [0.15, 0.2) is 17.5 Å². The van der Waals surface area contributed by atoms with Crippen molar-refractivity contribution in [2.24, 2.45) is 34.5 Å². The van der Waals surface area contributed by atoms with Crippen LogP contribution in [0.2, 0.25) is 0 Å². The maximum absolute atomic E-state index is 14.6. The van der Waals surface area contributed by atoms with Gasteiger partial charge in [-0.05, 0) is 68.2 Å². The fourth-order valence-electron chi connectivity index (χ4n) is 7.82. The first-order chi connectivity index (χ1) is 18.9. The van der Waals surface area contributed by atoms with Gasteiger partial charge in [-0.15, -0.1) is 0 Å². The molecule has 9 atom stereocenters. The third-order valence-electron chi connectivity index (χ3n) is 10.2. The van der Waals surface area contributed by atoms with Crippen LogP contribution in [0.1, 0.15) is 51.4 Å². The van der Waals surface area contributed by atoms with Gasteiger partial charge in [0.2, 0.25) is 0 Å². The number of carbonyl (C=O) groups excluding carboxylic acids is 3. The van der Waals surface area contributed by atoms with Crippen LogP contribution in [0.4, 0.5) is 0 Å². The van der Waals surface area contributed by atoms with Crippen LogP contribution in [-0.2, 0) is 19.1 Å². The molecule has 4 aliphatic rings. The van der Waals surface area contributed by atoms with Gasteiger partial charge in [0.25, 0.3) is 0 Å². The maximum Gasteiger partial charge on any atom is 0.338 e. The number of hydrogen-bond acceptors (Lipinski definition) is 8. The molecule has 0 amide bonds. The first kappa shape index (κ1) is 28.5. The summed E-state index contributed by atoms with van der Waals surface area (Å²) in [7, 11) is 0. The number of rotatable bonds is 6. The van der Waals surface area contributed by atoms with Crippen LogP contribution in [0.25, 0.3) is 0 Å². The molecule has 0 radical (unpaired) electrons. The molecule has 0 heterocycles. The number of benzene rings is 1. The number of Topliss-reactive ketones (excluding diaryl/α,β-unsaturated/α-hetero) is 1. The van der Waals surface area contributed by atoms with Crippen LogP contribution < -0.4 is 0 Å². The Bertz CT molecular complexity index is 1330. The predicted molar refractivity (Wildman–Crippen MR) is 146 cm³/mol. The molecular weight excluding hydrogens is 512 g/mol. The average molecular weight is 551 g/mol. The lowest BCUT2D eigenvalue weighted by Gasteiger charge is -2.48. The van der Waals surface area contributed by atoms with Crippen molar-refractivity contribution in [3.05, 3.63) is 70.8 Å². The van der Waals surface area contributed by atoms with Gasteiger partial charge in [-0.3, -0.25) is 4.79 Å². The monoisotopic (exact) mass is 550 g/mol. The van der Waals surface area contributed by atoms with Crippen molar-refractivity contribution in [1.82, 2.24) is 0 Å². The number of fused-ring (bicyclic) bond motifs is 3. The largest absolute Gasteiger partial charge is 0.461 e. The van der Waals surface area contributed by atoms with Crippen LogP contribution >= 0.6 is 0 Å². The normalized spacial score (nSPS) is 40.1. The molecule has 40 heavy (non-hydrogen) atoms. The van der Waals surface area contributed by atoms with E-state index in [1.807, 2.05) is 19.9 Å². The van der Waals surface area contributed by atoms with Crippen LogP contribution in [0.3, 0.4) is 0 Å². The molecule has 1 spiro atoms. The third-order valence-corrected chi connectivity index (χ3v) is 10.2. The first-order valence-electron chi connectivity index (χ1n) is 13.9. The maximum atomic E-state index is 14.6. The van der Waals surface area contributed by atoms with Gasteiger partial charge in [0.05, 0.1) is 24.2 Å². The van der Waals surface area contributed by atoms with E-state index in [0.717, 1.165) is 0 Å². The zero-order valence-corrected chi connectivity index (χ0v) is 23.6. The molecule has 8 nitrogen and oxygen atoms in total. The van der Waals surface area contributed by atoms with Gasteiger partial charge in [0.1, 0.15) is 6.10 Å². The lowest BCUT2D eigenvalue weighted by molar-refractivity contribution is -0.201. The molecule has 0 aromatic heterocycles. The second-order valence-corrected chi connectivity index (χ2v) is 12.2. The van der Waals surface area contributed by atoms with Crippen LogP contribution in [0.15, 0.2) is 65.3 Å². The number of hydrogen-bond donors (Lipinski definition) is 3. The van der Waals surface area contributed by atoms with E-state index in [2.05, 4.69) is 0 Å². The number of esters is 2. The van der Waals surface area contributed by atoms with E-state index in [9.17, 15) is 29.7 Å². The topological polar surface area (TPSA) is 130 Å². The molecule has 2 bridgehead atoms. The van der Waals surface area contributed by atoms with E-state index >= 15 is 0 Å².